The van der Waals surface area contributed by atoms with E-state index in [9.17, 15) is 4.89 Å². The van der Waals surface area contributed by atoms with E-state index in [-0.39, 0.29) is 12.9 Å². The minimum atomic E-state index is -3.27. The van der Waals surface area contributed by atoms with E-state index in [1.165, 1.54) is 7.11 Å². The summed E-state index contributed by atoms with van der Waals surface area (Å²) >= 11 is 3.51. The molecule has 2 heterocycles. The van der Waals surface area contributed by atoms with Gasteiger partial charge in [-0.05, 0) is 48.5 Å². The maximum atomic E-state index is 12.7. The van der Waals surface area contributed by atoms with Crippen molar-refractivity contribution in [3.63, 3.8) is 0 Å². The molecule has 2 rings (SSSR count). The number of halogens is 1. The lowest BCUT2D eigenvalue weighted by Crippen LogP contribution is -2.26. The van der Waals surface area contributed by atoms with Crippen molar-refractivity contribution in [1.82, 2.24) is 0 Å². The molecule has 0 radical (unpaired) electrons. The Balaban J connectivity index is 2.09. The van der Waals surface area contributed by atoms with E-state index in [1.54, 1.807) is 0 Å². The van der Waals surface area contributed by atoms with Crippen molar-refractivity contribution in [3.8, 4) is 0 Å². The number of hydrogen-bond acceptors (Lipinski definition) is 5. The Kier molecular flexibility index (Phi) is 5.63. The van der Waals surface area contributed by atoms with Crippen molar-refractivity contribution < 1.29 is 23.4 Å². The van der Waals surface area contributed by atoms with Crippen LogP contribution in [-0.4, -0.2) is 32.2 Å². The molecule has 1 fully saturated rings. The molecule has 3 unspecified atom stereocenters. The SMILES string of the molecule is CCC1(C)O[P+]([O-])(OC)C(COC2CCCCO2)=C1Br. The molecule has 2 aliphatic heterocycles. The van der Waals surface area contributed by atoms with Gasteiger partial charge in [-0.25, -0.2) is 4.52 Å². The maximum Gasteiger partial charge on any atom is 0.271 e. The normalized spacial score (nSPS) is 38.5. The first kappa shape index (κ1) is 16.8. The zero-order valence-electron chi connectivity index (χ0n) is 12.2. The molecule has 1 saturated heterocycles. The van der Waals surface area contributed by atoms with Crippen molar-refractivity contribution in [2.24, 2.45) is 0 Å². The van der Waals surface area contributed by atoms with Gasteiger partial charge in [0.15, 0.2) is 11.6 Å². The maximum absolute atomic E-state index is 12.7. The van der Waals surface area contributed by atoms with Gasteiger partial charge in [-0.15, -0.1) is 0 Å². The van der Waals surface area contributed by atoms with Crippen molar-refractivity contribution in [1.29, 1.82) is 0 Å². The van der Waals surface area contributed by atoms with Gasteiger partial charge in [-0.1, -0.05) is 6.92 Å². The predicted octanol–water partition coefficient (Wildman–Crippen LogP) is 3.10. The van der Waals surface area contributed by atoms with Crippen molar-refractivity contribution >= 4 is 23.9 Å². The predicted molar refractivity (Wildman–Crippen MR) is 79.2 cm³/mol. The molecule has 5 nitrogen and oxygen atoms in total. The second-order valence-electron chi connectivity index (χ2n) is 5.22. The first-order valence-corrected chi connectivity index (χ1v) is 9.28. The molecule has 0 saturated carbocycles. The minimum absolute atomic E-state index is 0.200. The van der Waals surface area contributed by atoms with Crippen molar-refractivity contribution in [3.05, 3.63) is 9.80 Å². The summed E-state index contributed by atoms with van der Waals surface area (Å²) in [6.45, 7) is 4.80. The van der Waals surface area contributed by atoms with Crippen LogP contribution in [0.2, 0.25) is 0 Å². The fraction of sp³-hybridized carbons (Fsp3) is 0.846. The van der Waals surface area contributed by atoms with Crippen LogP contribution < -0.4 is 4.89 Å². The Morgan fingerprint density at radius 2 is 2.25 bits per heavy atom. The molecule has 7 heteroatoms. The van der Waals surface area contributed by atoms with Crippen LogP contribution in [0.15, 0.2) is 9.80 Å². The second kappa shape index (κ2) is 6.69. The Bertz CT molecular complexity index is 385. The average molecular weight is 369 g/mol. The summed E-state index contributed by atoms with van der Waals surface area (Å²) in [4.78, 5) is 12.7. The molecular weight excluding hydrogens is 347 g/mol. The largest absolute Gasteiger partial charge is 0.627 e. The fourth-order valence-electron chi connectivity index (χ4n) is 2.31. The average Bonchev–Trinajstić information content (AvgIpc) is 2.67. The molecule has 0 aromatic heterocycles. The zero-order chi connectivity index (χ0) is 14.8. The topological polar surface area (TPSA) is 60.0 Å². The van der Waals surface area contributed by atoms with E-state index in [2.05, 4.69) is 15.9 Å². The lowest BCUT2D eigenvalue weighted by atomic mass is 10.0. The van der Waals surface area contributed by atoms with E-state index in [0.29, 0.717) is 11.7 Å². The summed E-state index contributed by atoms with van der Waals surface area (Å²) in [5, 5.41) is 0.568. The Labute approximate surface area is 129 Å². The van der Waals surface area contributed by atoms with Gasteiger partial charge >= 0.3 is 0 Å². The molecule has 2 aliphatic rings. The number of ether oxygens (including phenoxy) is 2. The van der Waals surface area contributed by atoms with E-state index < -0.39 is 13.5 Å². The highest BCUT2D eigenvalue weighted by molar-refractivity contribution is 9.11. The monoisotopic (exact) mass is 368 g/mol. The van der Waals surface area contributed by atoms with Crippen LogP contribution in [0.4, 0.5) is 0 Å². The van der Waals surface area contributed by atoms with Gasteiger partial charge in [0, 0.05) is 6.61 Å². The quantitative estimate of drug-likeness (QED) is 0.697. The summed E-state index contributed by atoms with van der Waals surface area (Å²) in [5.74, 6) is 0. The van der Waals surface area contributed by atoms with Gasteiger partial charge in [0.25, 0.3) is 7.94 Å². The van der Waals surface area contributed by atoms with Gasteiger partial charge in [-0.3, -0.25) is 0 Å². The van der Waals surface area contributed by atoms with Gasteiger partial charge in [0.1, 0.15) is 12.2 Å². The molecular formula is C13H22BrO5P. The molecule has 3 atom stereocenters. The minimum Gasteiger partial charge on any atom is -0.627 e. The van der Waals surface area contributed by atoms with Crippen molar-refractivity contribution in [2.75, 3.05) is 20.3 Å². The van der Waals surface area contributed by atoms with Crippen LogP contribution in [0.1, 0.15) is 39.5 Å². The van der Waals surface area contributed by atoms with Crippen LogP contribution in [0.25, 0.3) is 0 Å². The highest BCUT2D eigenvalue weighted by atomic mass is 79.9. The van der Waals surface area contributed by atoms with Crippen LogP contribution in [0.5, 0.6) is 0 Å². The second-order valence-corrected chi connectivity index (χ2v) is 8.10. The molecule has 0 N–H and O–H groups in total. The van der Waals surface area contributed by atoms with Crippen LogP contribution in [0.3, 0.4) is 0 Å². The molecule has 0 bridgehead atoms. The van der Waals surface area contributed by atoms with E-state index in [4.69, 9.17) is 18.5 Å². The summed E-state index contributed by atoms with van der Waals surface area (Å²) in [7, 11) is -1.87. The third-order valence-electron chi connectivity index (χ3n) is 3.83. The molecule has 20 heavy (non-hydrogen) atoms. The fourth-order valence-corrected chi connectivity index (χ4v) is 5.43. The van der Waals surface area contributed by atoms with Gasteiger partial charge < -0.3 is 14.4 Å². The molecule has 0 spiro atoms. The summed E-state index contributed by atoms with van der Waals surface area (Å²) in [6, 6.07) is 0. The Morgan fingerprint density at radius 1 is 1.50 bits per heavy atom. The molecule has 116 valence electrons. The van der Waals surface area contributed by atoms with E-state index >= 15 is 0 Å². The van der Waals surface area contributed by atoms with Crippen LogP contribution in [-0.2, 0) is 18.5 Å². The smallest absolute Gasteiger partial charge is 0.271 e. The molecule has 0 aromatic rings. The highest BCUT2D eigenvalue weighted by Gasteiger charge is 2.54. The van der Waals surface area contributed by atoms with Gasteiger partial charge in [-0.2, -0.15) is 4.52 Å². The summed E-state index contributed by atoms with van der Waals surface area (Å²) in [6.07, 6.45) is 3.50. The molecule has 0 amide bonds. The molecule has 0 aliphatic carbocycles. The summed E-state index contributed by atoms with van der Waals surface area (Å²) < 4.78 is 22.9. The van der Waals surface area contributed by atoms with Gasteiger partial charge in [0.2, 0.25) is 0 Å². The van der Waals surface area contributed by atoms with Crippen LogP contribution >= 0.6 is 23.9 Å². The zero-order valence-corrected chi connectivity index (χ0v) is 14.7. The first-order chi connectivity index (χ1) is 9.45. The number of hydrogen-bond donors (Lipinski definition) is 0. The standard InChI is InChI=1S/C13H22BrO5P/c1-4-13(2)12(14)10(20(15,16-3)19-13)9-18-11-7-5-6-8-17-11/h11H,4-9H2,1-3H3. The Hall–Kier alpha value is 0.450. The van der Waals surface area contributed by atoms with E-state index in [0.717, 1.165) is 30.4 Å². The highest BCUT2D eigenvalue weighted by Crippen LogP contribution is 2.70. The van der Waals surface area contributed by atoms with Crippen molar-refractivity contribution in [2.45, 2.75) is 51.4 Å². The van der Waals surface area contributed by atoms with E-state index in [1.807, 2.05) is 13.8 Å². The number of rotatable bonds is 5. The third kappa shape index (κ3) is 3.27. The Morgan fingerprint density at radius 3 is 2.80 bits per heavy atom. The van der Waals surface area contributed by atoms with Crippen LogP contribution in [0, 0.1) is 0 Å². The third-order valence-corrected chi connectivity index (χ3v) is 7.59. The summed E-state index contributed by atoms with van der Waals surface area (Å²) in [5.41, 5.74) is -0.613. The van der Waals surface area contributed by atoms with Gasteiger partial charge in [0.05, 0.1) is 11.6 Å². The lowest BCUT2D eigenvalue weighted by molar-refractivity contribution is -0.219. The molecule has 0 aromatic carbocycles. The first-order valence-electron chi connectivity index (χ1n) is 6.94. The lowest BCUT2D eigenvalue weighted by Gasteiger charge is -2.28.